The summed E-state index contributed by atoms with van der Waals surface area (Å²) in [6.07, 6.45) is -4.53. The van der Waals surface area contributed by atoms with Crippen LogP contribution in [0, 0.1) is 5.82 Å². The monoisotopic (exact) mass is 477 g/mol. The zero-order valence-electron chi connectivity index (χ0n) is 18.7. The number of aromatic nitrogens is 2. The van der Waals surface area contributed by atoms with Crippen molar-refractivity contribution in [1.82, 2.24) is 15.1 Å². The molecule has 6 nitrogen and oxygen atoms in total. The van der Waals surface area contributed by atoms with Crippen molar-refractivity contribution in [2.75, 3.05) is 7.11 Å². The van der Waals surface area contributed by atoms with E-state index in [9.17, 15) is 27.2 Å². The molecule has 0 bridgehead atoms. The minimum absolute atomic E-state index is 0.0549. The molecule has 1 amide bonds. The van der Waals surface area contributed by atoms with Crippen LogP contribution in [0.1, 0.15) is 53.5 Å². The highest BCUT2D eigenvalue weighted by atomic mass is 19.4. The summed E-state index contributed by atoms with van der Waals surface area (Å²) in [5.41, 5.74) is -0.409. The number of carbonyl (C=O) groups excluding carboxylic acids is 2. The van der Waals surface area contributed by atoms with Gasteiger partial charge < -0.3 is 10.1 Å². The van der Waals surface area contributed by atoms with Crippen molar-refractivity contribution in [3.05, 3.63) is 76.9 Å². The van der Waals surface area contributed by atoms with Gasteiger partial charge in [-0.05, 0) is 42.8 Å². The highest BCUT2D eigenvalue weighted by Crippen LogP contribution is 2.30. The molecule has 1 atom stereocenters. The number of hydrogen-bond acceptors (Lipinski definition) is 4. The normalized spacial score (nSPS) is 12.3. The lowest BCUT2D eigenvalue weighted by Crippen LogP contribution is -2.28. The molecule has 2 aromatic carbocycles. The van der Waals surface area contributed by atoms with E-state index in [0.717, 1.165) is 16.8 Å². The molecule has 3 aromatic rings. The second kappa shape index (κ2) is 10.1. The predicted octanol–water partition coefficient (Wildman–Crippen LogP) is 5.05. The minimum Gasteiger partial charge on any atom is -0.497 e. The summed E-state index contributed by atoms with van der Waals surface area (Å²) in [5, 5.41) is 6.24. The molecule has 0 radical (unpaired) electrons. The summed E-state index contributed by atoms with van der Waals surface area (Å²) < 4.78 is 60.4. The first-order valence-electron chi connectivity index (χ1n) is 10.5. The average Bonchev–Trinajstić information content (AvgIpc) is 3.26. The number of Topliss-reactive ketones (excluding diaryl/α,β-unsaturated/α-hetero) is 1. The Morgan fingerprint density at radius 3 is 2.50 bits per heavy atom. The number of ether oxygens (including phenoxy) is 1. The first-order valence-corrected chi connectivity index (χ1v) is 10.5. The zero-order valence-corrected chi connectivity index (χ0v) is 18.7. The summed E-state index contributed by atoms with van der Waals surface area (Å²) in [4.78, 5) is 24.4. The molecular weight excluding hydrogens is 454 g/mol. The van der Waals surface area contributed by atoms with Gasteiger partial charge in [-0.1, -0.05) is 19.1 Å². The van der Waals surface area contributed by atoms with Gasteiger partial charge >= 0.3 is 6.18 Å². The largest absolute Gasteiger partial charge is 0.497 e. The van der Waals surface area contributed by atoms with Crippen molar-refractivity contribution in [3.8, 4) is 11.4 Å². The van der Waals surface area contributed by atoms with Crippen LogP contribution in [-0.2, 0) is 17.5 Å². The number of carbonyl (C=O) groups is 2. The Hall–Kier alpha value is -3.69. The van der Waals surface area contributed by atoms with Crippen LogP contribution in [0.2, 0.25) is 0 Å². The van der Waals surface area contributed by atoms with Gasteiger partial charge in [-0.3, -0.25) is 9.59 Å². The maximum atomic E-state index is 14.3. The van der Waals surface area contributed by atoms with Crippen LogP contribution in [-0.4, -0.2) is 28.6 Å². The van der Waals surface area contributed by atoms with Crippen LogP contribution in [0.4, 0.5) is 17.6 Å². The van der Waals surface area contributed by atoms with Gasteiger partial charge in [0.25, 0.3) is 0 Å². The Morgan fingerprint density at radius 1 is 1.15 bits per heavy atom. The first kappa shape index (κ1) is 24.9. The number of halogens is 4. The van der Waals surface area contributed by atoms with E-state index in [4.69, 9.17) is 4.74 Å². The third kappa shape index (κ3) is 5.44. The number of alkyl halides is 3. The van der Waals surface area contributed by atoms with Crippen LogP contribution < -0.4 is 10.1 Å². The number of nitrogens with one attached hydrogen (secondary N) is 1. The molecule has 0 saturated carbocycles. The summed E-state index contributed by atoms with van der Waals surface area (Å²) in [7, 11) is 1.43. The van der Waals surface area contributed by atoms with Crippen molar-refractivity contribution in [2.45, 2.75) is 38.9 Å². The van der Waals surface area contributed by atoms with Gasteiger partial charge in [-0.15, -0.1) is 0 Å². The molecule has 1 aromatic heterocycles. The van der Waals surface area contributed by atoms with Crippen molar-refractivity contribution in [1.29, 1.82) is 0 Å². The second-order valence-electron chi connectivity index (χ2n) is 7.59. The third-order valence-corrected chi connectivity index (χ3v) is 5.32. The van der Waals surface area contributed by atoms with Crippen molar-refractivity contribution >= 4 is 11.7 Å². The van der Waals surface area contributed by atoms with Crippen molar-refractivity contribution in [2.24, 2.45) is 0 Å². The van der Waals surface area contributed by atoms with E-state index in [1.165, 1.54) is 32.2 Å². The maximum Gasteiger partial charge on any atom is 0.435 e. The van der Waals surface area contributed by atoms with Crippen LogP contribution in [0.15, 0.2) is 48.5 Å². The molecule has 0 aliphatic heterocycles. The molecule has 10 heteroatoms. The lowest BCUT2D eigenvalue weighted by molar-refractivity contribution is -0.141. The molecule has 0 fully saturated rings. The van der Waals surface area contributed by atoms with Gasteiger partial charge in [0.15, 0.2) is 11.5 Å². The molecule has 1 unspecified atom stereocenters. The van der Waals surface area contributed by atoms with E-state index in [-0.39, 0.29) is 30.0 Å². The smallest absolute Gasteiger partial charge is 0.435 e. The molecular formula is C24H23F4N3O3. The molecule has 0 saturated heterocycles. The molecule has 34 heavy (non-hydrogen) atoms. The minimum atomic E-state index is -4.68. The number of methoxy groups -OCH3 is 1. The fraction of sp³-hybridized carbons (Fsp3) is 0.292. The molecule has 180 valence electrons. The number of nitrogens with zero attached hydrogens (tertiary/aromatic N) is 2. The molecule has 0 spiro atoms. The predicted molar refractivity (Wildman–Crippen MR) is 116 cm³/mol. The lowest BCUT2D eigenvalue weighted by Gasteiger charge is -2.14. The molecule has 0 aliphatic carbocycles. The molecule has 1 heterocycles. The number of amides is 1. The molecule has 0 aliphatic rings. The van der Waals surface area contributed by atoms with Crippen LogP contribution in [0.25, 0.3) is 5.69 Å². The maximum absolute atomic E-state index is 14.3. The highest BCUT2D eigenvalue weighted by molar-refractivity contribution is 5.96. The number of benzene rings is 2. The quantitative estimate of drug-likeness (QED) is 0.364. The van der Waals surface area contributed by atoms with Gasteiger partial charge in [-0.2, -0.15) is 18.3 Å². The number of rotatable bonds is 8. The summed E-state index contributed by atoms with van der Waals surface area (Å²) >= 11 is 0. The molecule has 1 N–H and O–H groups in total. The molecule has 3 rings (SSSR count). The third-order valence-electron chi connectivity index (χ3n) is 5.32. The first-order chi connectivity index (χ1) is 16.0. The van der Waals surface area contributed by atoms with Gasteiger partial charge in [0, 0.05) is 12.5 Å². The SMILES string of the molecule is CCC(=O)c1ccc(C(C)C(=O)NCc2cc(C(F)(F)F)nn2-c2cccc(OC)c2)cc1F. The van der Waals surface area contributed by atoms with E-state index >= 15 is 0 Å². The number of hydrogen-bond donors (Lipinski definition) is 1. The van der Waals surface area contributed by atoms with E-state index in [0.29, 0.717) is 17.0 Å². The Kier molecular flexibility index (Phi) is 7.38. The number of ketones is 1. The summed E-state index contributed by atoms with van der Waals surface area (Å²) in [5.74, 6) is -1.99. The average molecular weight is 477 g/mol. The van der Waals surface area contributed by atoms with Crippen LogP contribution >= 0.6 is 0 Å². The van der Waals surface area contributed by atoms with Crippen LogP contribution in [0.5, 0.6) is 5.75 Å². The van der Waals surface area contributed by atoms with E-state index in [2.05, 4.69) is 10.4 Å². The Bertz CT molecular complexity index is 1200. The van der Waals surface area contributed by atoms with Crippen LogP contribution in [0.3, 0.4) is 0 Å². The van der Waals surface area contributed by atoms with E-state index in [1.54, 1.807) is 25.1 Å². The summed E-state index contributed by atoms with van der Waals surface area (Å²) in [6, 6.07) is 11.1. The van der Waals surface area contributed by atoms with E-state index < -0.39 is 29.5 Å². The Labute approximate surface area is 193 Å². The van der Waals surface area contributed by atoms with E-state index in [1.807, 2.05) is 0 Å². The Balaban J connectivity index is 1.82. The van der Waals surface area contributed by atoms with Crippen molar-refractivity contribution in [3.63, 3.8) is 0 Å². The highest BCUT2D eigenvalue weighted by Gasteiger charge is 2.35. The standard InChI is InChI=1S/C24H23F4N3O3/c1-4-21(32)19-9-8-15(10-20(19)25)14(2)23(33)29-13-17-12-22(24(26,27)28)30-31(17)16-6-5-7-18(11-16)34-3/h5-12,14H,4,13H2,1-3H3,(H,29,33). The van der Waals surface area contributed by atoms with Gasteiger partial charge in [0.1, 0.15) is 11.6 Å². The Morgan fingerprint density at radius 2 is 1.88 bits per heavy atom. The van der Waals surface area contributed by atoms with Gasteiger partial charge in [-0.25, -0.2) is 9.07 Å². The van der Waals surface area contributed by atoms with Gasteiger partial charge in [0.05, 0.1) is 36.5 Å². The topological polar surface area (TPSA) is 73.2 Å². The fourth-order valence-electron chi connectivity index (χ4n) is 3.35. The zero-order chi connectivity index (χ0) is 25.0. The lowest BCUT2D eigenvalue weighted by atomic mass is 9.97. The second-order valence-corrected chi connectivity index (χ2v) is 7.59. The van der Waals surface area contributed by atoms with Gasteiger partial charge in [0.2, 0.25) is 5.91 Å². The van der Waals surface area contributed by atoms with Crippen molar-refractivity contribution < 1.29 is 31.9 Å². The summed E-state index contributed by atoms with van der Waals surface area (Å²) in [6.45, 7) is 2.90. The fourth-order valence-corrected chi connectivity index (χ4v) is 3.35.